The van der Waals surface area contributed by atoms with Gasteiger partial charge in [0.05, 0.1) is 26.1 Å². The van der Waals surface area contributed by atoms with Gasteiger partial charge >= 0.3 is 0 Å². The summed E-state index contributed by atoms with van der Waals surface area (Å²) in [4.78, 5) is 30.7. The highest BCUT2D eigenvalue weighted by Crippen LogP contribution is 2.30. The van der Waals surface area contributed by atoms with Crippen molar-refractivity contribution in [3.8, 4) is 11.5 Å². The van der Waals surface area contributed by atoms with E-state index in [1.54, 1.807) is 37.0 Å². The predicted molar refractivity (Wildman–Crippen MR) is 107 cm³/mol. The first-order valence-electron chi connectivity index (χ1n) is 8.40. The smallest absolute Gasteiger partial charge is 0.271 e. The summed E-state index contributed by atoms with van der Waals surface area (Å²) in [5.41, 5.74) is 1.23. The molecule has 0 unspecified atom stereocenters. The first kappa shape index (κ1) is 18.9. The van der Waals surface area contributed by atoms with Crippen molar-refractivity contribution in [3.05, 3.63) is 45.3 Å². The van der Waals surface area contributed by atoms with E-state index >= 15 is 0 Å². The maximum Gasteiger partial charge on any atom is 0.271 e. The number of anilines is 1. The average Bonchev–Trinajstić information content (AvgIpc) is 2.98. The van der Waals surface area contributed by atoms with Crippen LogP contribution in [0.1, 0.15) is 35.1 Å². The molecule has 7 nitrogen and oxygen atoms in total. The normalized spacial score (nSPS) is 11.0. The lowest BCUT2D eigenvalue weighted by Crippen LogP contribution is -2.22. The lowest BCUT2D eigenvalue weighted by molar-refractivity contribution is 0.102. The number of carbonyl (C=O) groups excluding carboxylic acids is 1. The van der Waals surface area contributed by atoms with Gasteiger partial charge in [0, 0.05) is 34.8 Å². The van der Waals surface area contributed by atoms with Gasteiger partial charge in [0.1, 0.15) is 21.7 Å². The number of fused-ring (bicyclic) bond motifs is 1. The van der Waals surface area contributed by atoms with Crippen LogP contribution in [-0.4, -0.2) is 29.7 Å². The van der Waals surface area contributed by atoms with Crippen molar-refractivity contribution in [1.82, 2.24) is 9.55 Å². The molecular weight excluding hydrogens is 366 g/mol. The number of methoxy groups -OCH3 is 2. The molecule has 2 heterocycles. The molecular formula is C19H21N3O4S. The molecule has 8 heteroatoms. The predicted octanol–water partition coefficient (Wildman–Crippen LogP) is 3.62. The third-order valence-electron chi connectivity index (χ3n) is 4.19. The van der Waals surface area contributed by atoms with Crippen molar-refractivity contribution >= 4 is 33.1 Å². The van der Waals surface area contributed by atoms with Crippen LogP contribution in [0.15, 0.2) is 29.3 Å². The molecule has 3 aromatic rings. The molecule has 0 aliphatic heterocycles. The zero-order valence-electron chi connectivity index (χ0n) is 15.8. The second kappa shape index (κ2) is 7.40. The fraction of sp³-hybridized carbons (Fsp3) is 0.316. The largest absolute Gasteiger partial charge is 0.497 e. The Hall–Kier alpha value is -2.87. The van der Waals surface area contributed by atoms with Gasteiger partial charge < -0.3 is 14.8 Å². The fourth-order valence-corrected chi connectivity index (χ4v) is 3.84. The SMILES string of the molecule is COc1cc(NC(=O)c2c(C)sc3c(=O)n(C(C)C)cnc23)cc(OC)c1. The molecule has 0 fully saturated rings. The van der Waals surface area contributed by atoms with Gasteiger partial charge in [-0.05, 0) is 20.8 Å². The average molecular weight is 387 g/mol. The minimum absolute atomic E-state index is 0.00155. The summed E-state index contributed by atoms with van der Waals surface area (Å²) in [7, 11) is 3.08. The molecule has 1 N–H and O–H groups in total. The number of rotatable bonds is 5. The summed E-state index contributed by atoms with van der Waals surface area (Å²) >= 11 is 1.29. The summed E-state index contributed by atoms with van der Waals surface area (Å²) in [6.45, 7) is 5.64. The standard InChI is InChI=1S/C19H21N3O4S/c1-10(2)22-9-20-16-15(11(3)27-17(16)19(22)24)18(23)21-12-6-13(25-4)8-14(7-12)26-5/h6-10H,1-5H3,(H,21,23). The van der Waals surface area contributed by atoms with E-state index in [-0.39, 0.29) is 17.5 Å². The highest BCUT2D eigenvalue weighted by atomic mass is 32.1. The van der Waals surface area contributed by atoms with Gasteiger partial charge in [0.15, 0.2) is 0 Å². The quantitative estimate of drug-likeness (QED) is 0.723. The molecule has 0 saturated carbocycles. The van der Waals surface area contributed by atoms with Crippen molar-refractivity contribution < 1.29 is 14.3 Å². The lowest BCUT2D eigenvalue weighted by atomic mass is 10.2. The van der Waals surface area contributed by atoms with E-state index in [4.69, 9.17) is 9.47 Å². The molecule has 0 aliphatic carbocycles. The number of amides is 1. The second-order valence-electron chi connectivity index (χ2n) is 6.32. The molecule has 27 heavy (non-hydrogen) atoms. The zero-order valence-corrected chi connectivity index (χ0v) is 16.6. The van der Waals surface area contributed by atoms with Crippen LogP contribution in [-0.2, 0) is 0 Å². The number of aryl methyl sites for hydroxylation is 1. The lowest BCUT2D eigenvalue weighted by Gasteiger charge is -2.10. The molecule has 142 valence electrons. The summed E-state index contributed by atoms with van der Waals surface area (Å²) in [6, 6.07) is 5.11. The van der Waals surface area contributed by atoms with Crippen LogP contribution in [0.2, 0.25) is 0 Å². The van der Waals surface area contributed by atoms with Crippen LogP contribution >= 0.6 is 11.3 Å². The molecule has 0 saturated heterocycles. The summed E-state index contributed by atoms with van der Waals surface area (Å²) in [5, 5.41) is 2.84. The van der Waals surface area contributed by atoms with Crippen LogP contribution in [0.3, 0.4) is 0 Å². The van der Waals surface area contributed by atoms with E-state index in [9.17, 15) is 9.59 Å². The zero-order chi connectivity index (χ0) is 19.7. The Balaban J connectivity index is 2.03. The van der Waals surface area contributed by atoms with Gasteiger partial charge in [0.25, 0.3) is 11.5 Å². The van der Waals surface area contributed by atoms with Crippen molar-refractivity contribution in [1.29, 1.82) is 0 Å². The second-order valence-corrected chi connectivity index (χ2v) is 7.54. The highest BCUT2D eigenvalue weighted by Gasteiger charge is 2.21. The molecule has 1 amide bonds. The van der Waals surface area contributed by atoms with Gasteiger partial charge in [-0.25, -0.2) is 4.98 Å². The van der Waals surface area contributed by atoms with E-state index < -0.39 is 0 Å². The maximum absolute atomic E-state index is 12.9. The molecule has 0 bridgehead atoms. The van der Waals surface area contributed by atoms with Gasteiger partial charge in [-0.1, -0.05) is 0 Å². The fourth-order valence-electron chi connectivity index (χ4n) is 2.80. The van der Waals surface area contributed by atoms with Crippen LogP contribution in [0, 0.1) is 6.92 Å². The summed E-state index contributed by atoms with van der Waals surface area (Å²) in [6.07, 6.45) is 1.49. The van der Waals surface area contributed by atoms with Gasteiger partial charge in [-0.3, -0.25) is 14.2 Å². The number of nitrogens with zero attached hydrogens (tertiary/aromatic N) is 2. The number of hydrogen-bond acceptors (Lipinski definition) is 6. The first-order chi connectivity index (χ1) is 12.8. The molecule has 0 radical (unpaired) electrons. The van der Waals surface area contributed by atoms with E-state index in [1.807, 2.05) is 20.8 Å². The number of ether oxygens (including phenoxy) is 2. The Morgan fingerprint density at radius 2 is 1.81 bits per heavy atom. The Kier molecular flexibility index (Phi) is 5.18. The third-order valence-corrected chi connectivity index (χ3v) is 5.27. The van der Waals surface area contributed by atoms with Crippen molar-refractivity contribution in [2.45, 2.75) is 26.8 Å². The summed E-state index contributed by atoms with van der Waals surface area (Å²) < 4.78 is 12.5. The van der Waals surface area contributed by atoms with Crippen LogP contribution in [0.25, 0.3) is 10.2 Å². The Morgan fingerprint density at radius 3 is 2.37 bits per heavy atom. The number of aromatic nitrogens is 2. The monoisotopic (exact) mass is 387 g/mol. The minimum atomic E-state index is -0.330. The number of carbonyl (C=O) groups is 1. The van der Waals surface area contributed by atoms with E-state index in [0.29, 0.717) is 33.0 Å². The van der Waals surface area contributed by atoms with E-state index in [0.717, 1.165) is 4.88 Å². The van der Waals surface area contributed by atoms with Crippen molar-refractivity contribution in [2.24, 2.45) is 0 Å². The Bertz CT molecular complexity index is 1050. The first-order valence-corrected chi connectivity index (χ1v) is 9.22. The Morgan fingerprint density at radius 1 is 1.19 bits per heavy atom. The maximum atomic E-state index is 12.9. The Labute approximate surface area is 160 Å². The third kappa shape index (κ3) is 3.52. The number of thiophene rings is 1. The molecule has 2 aromatic heterocycles. The number of nitrogens with one attached hydrogen (secondary N) is 1. The molecule has 0 atom stereocenters. The summed E-state index contributed by atoms with van der Waals surface area (Å²) in [5.74, 6) is 0.798. The number of benzene rings is 1. The number of hydrogen-bond donors (Lipinski definition) is 1. The van der Waals surface area contributed by atoms with Crippen LogP contribution in [0.5, 0.6) is 11.5 Å². The van der Waals surface area contributed by atoms with Crippen LogP contribution in [0.4, 0.5) is 5.69 Å². The molecule has 0 aliphatic rings. The van der Waals surface area contributed by atoms with Crippen LogP contribution < -0.4 is 20.3 Å². The topological polar surface area (TPSA) is 82.5 Å². The highest BCUT2D eigenvalue weighted by molar-refractivity contribution is 7.19. The van der Waals surface area contributed by atoms with E-state index in [2.05, 4.69) is 10.3 Å². The van der Waals surface area contributed by atoms with Gasteiger partial charge in [-0.2, -0.15) is 0 Å². The van der Waals surface area contributed by atoms with E-state index in [1.165, 1.54) is 17.7 Å². The van der Waals surface area contributed by atoms with Gasteiger partial charge in [-0.15, -0.1) is 11.3 Å². The molecule has 0 spiro atoms. The minimum Gasteiger partial charge on any atom is -0.497 e. The van der Waals surface area contributed by atoms with Crippen molar-refractivity contribution in [2.75, 3.05) is 19.5 Å². The molecule has 3 rings (SSSR count). The molecule has 1 aromatic carbocycles. The van der Waals surface area contributed by atoms with Gasteiger partial charge in [0.2, 0.25) is 0 Å². The van der Waals surface area contributed by atoms with Crippen molar-refractivity contribution in [3.63, 3.8) is 0 Å².